The third-order valence-corrected chi connectivity index (χ3v) is 3.25. The van der Waals surface area contributed by atoms with Crippen molar-refractivity contribution in [2.75, 3.05) is 0 Å². The van der Waals surface area contributed by atoms with Crippen molar-refractivity contribution in [1.29, 1.82) is 0 Å². The number of benzene rings is 1. The van der Waals surface area contributed by atoms with E-state index in [0.29, 0.717) is 0 Å². The second-order valence-electron chi connectivity index (χ2n) is 2.13. The van der Waals surface area contributed by atoms with Crippen LogP contribution in [0.1, 0.15) is 0 Å². The fraction of sp³-hybridized carbons (Fsp3) is 0. The van der Waals surface area contributed by atoms with Gasteiger partial charge in [-0.15, -0.1) is 0 Å². The molecular weight excluding hydrogens is 290 g/mol. The van der Waals surface area contributed by atoms with Gasteiger partial charge in [-0.1, -0.05) is 31.9 Å². The Labute approximate surface area is 84.8 Å². The van der Waals surface area contributed by atoms with E-state index in [0.717, 1.165) is 8.95 Å². The molecule has 0 amide bonds. The average Bonchev–Trinajstić information content (AvgIpc) is 2.34. The molecule has 0 aliphatic heterocycles. The SMILES string of the molecule is Brc1cc(Br)c2cnsc2c1. The van der Waals surface area contributed by atoms with Crippen LogP contribution in [-0.4, -0.2) is 4.37 Å². The first-order valence-electron chi connectivity index (χ1n) is 2.97. The summed E-state index contributed by atoms with van der Waals surface area (Å²) in [5, 5.41) is 1.18. The van der Waals surface area contributed by atoms with Gasteiger partial charge in [0.1, 0.15) is 0 Å². The smallest absolute Gasteiger partial charge is 0.0572 e. The first-order chi connectivity index (χ1) is 5.27. The van der Waals surface area contributed by atoms with Gasteiger partial charge in [0.15, 0.2) is 0 Å². The van der Waals surface area contributed by atoms with Gasteiger partial charge in [-0.2, -0.15) is 4.37 Å². The molecule has 2 rings (SSSR count). The Kier molecular flexibility index (Phi) is 1.99. The van der Waals surface area contributed by atoms with Crippen LogP contribution in [0.15, 0.2) is 27.3 Å². The van der Waals surface area contributed by atoms with E-state index in [1.807, 2.05) is 12.3 Å². The minimum absolute atomic E-state index is 1.08. The molecule has 0 saturated carbocycles. The Morgan fingerprint density at radius 2 is 2.09 bits per heavy atom. The summed E-state index contributed by atoms with van der Waals surface area (Å²) in [5.41, 5.74) is 0. The molecule has 0 bridgehead atoms. The molecule has 1 heterocycles. The van der Waals surface area contributed by atoms with Gasteiger partial charge in [0.2, 0.25) is 0 Å². The van der Waals surface area contributed by atoms with Crippen LogP contribution in [0.5, 0.6) is 0 Å². The second-order valence-corrected chi connectivity index (χ2v) is 4.73. The van der Waals surface area contributed by atoms with Crippen molar-refractivity contribution in [1.82, 2.24) is 4.37 Å². The Morgan fingerprint density at radius 1 is 1.27 bits per heavy atom. The lowest BCUT2D eigenvalue weighted by molar-refractivity contribution is 1.59. The van der Waals surface area contributed by atoms with E-state index in [2.05, 4.69) is 42.3 Å². The summed E-state index contributed by atoms with van der Waals surface area (Å²) >= 11 is 8.39. The minimum Gasteiger partial charge on any atom is -0.200 e. The predicted molar refractivity (Wildman–Crippen MR) is 55.0 cm³/mol. The summed E-state index contributed by atoms with van der Waals surface area (Å²) in [6, 6.07) is 4.09. The summed E-state index contributed by atoms with van der Waals surface area (Å²) in [4.78, 5) is 0. The van der Waals surface area contributed by atoms with Gasteiger partial charge in [0.25, 0.3) is 0 Å². The lowest BCUT2D eigenvalue weighted by Crippen LogP contribution is -1.67. The van der Waals surface area contributed by atoms with Gasteiger partial charge in [0.05, 0.1) is 4.70 Å². The number of rotatable bonds is 0. The van der Waals surface area contributed by atoms with Gasteiger partial charge in [0, 0.05) is 20.5 Å². The highest BCUT2D eigenvalue weighted by Crippen LogP contribution is 2.30. The molecule has 2 aromatic rings. The molecule has 0 saturated heterocycles. The summed E-state index contributed by atoms with van der Waals surface area (Å²) in [7, 11) is 0. The van der Waals surface area contributed by atoms with Crippen molar-refractivity contribution < 1.29 is 0 Å². The Hall–Kier alpha value is 0.0700. The summed E-state index contributed by atoms with van der Waals surface area (Å²) in [6.07, 6.45) is 1.87. The lowest BCUT2D eigenvalue weighted by atomic mass is 10.3. The summed E-state index contributed by atoms with van der Waals surface area (Å²) in [5.74, 6) is 0. The molecule has 1 aromatic carbocycles. The molecule has 0 atom stereocenters. The highest BCUT2D eigenvalue weighted by atomic mass is 79.9. The molecule has 0 aliphatic rings. The molecule has 0 aliphatic carbocycles. The molecular formula is C7H3Br2NS. The molecule has 1 nitrogen and oxygen atoms in total. The molecule has 0 radical (unpaired) electrons. The normalized spacial score (nSPS) is 10.7. The lowest BCUT2D eigenvalue weighted by Gasteiger charge is -1.93. The fourth-order valence-corrected chi connectivity index (χ4v) is 3.22. The van der Waals surface area contributed by atoms with Crippen molar-refractivity contribution in [3.8, 4) is 0 Å². The van der Waals surface area contributed by atoms with E-state index in [4.69, 9.17) is 0 Å². The van der Waals surface area contributed by atoms with Crippen LogP contribution < -0.4 is 0 Å². The minimum atomic E-state index is 1.08. The topological polar surface area (TPSA) is 12.9 Å². The number of halogens is 2. The average molecular weight is 293 g/mol. The van der Waals surface area contributed by atoms with Crippen LogP contribution in [0.4, 0.5) is 0 Å². The third kappa shape index (κ3) is 1.35. The molecule has 11 heavy (non-hydrogen) atoms. The number of fused-ring (bicyclic) bond motifs is 1. The van der Waals surface area contributed by atoms with Crippen molar-refractivity contribution in [3.05, 3.63) is 27.3 Å². The van der Waals surface area contributed by atoms with Crippen LogP contribution in [0.25, 0.3) is 10.1 Å². The van der Waals surface area contributed by atoms with Gasteiger partial charge in [-0.25, -0.2) is 0 Å². The number of hydrogen-bond donors (Lipinski definition) is 0. The maximum absolute atomic E-state index is 4.09. The van der Waals surface area contributed by atoms with Gasteiger partial charge >= 0.3 is 0 Å². The Bertz CT molecular complexity index is 396. The maximum atomic E-state index is 4.09. The molecule has 0 spiro atoms. The van der Waals surface area contributed by atoms with Crippen molar-refractivity contribution in [2.24, 2.45) is 0 Å². The zero-order valence-electron chi connectivity index (χ0n) is 5.34. The Balaban J connectivity index is 2.91. The van der Waals surface area contributed by atoms with Crippen LogP contribution in [0, 0.1) is 0 Å². The van der Waals surface area contributed by atoms with Crippen LogP contribution in [-0.2, 0) is 0 Å². The first-order valence-corrected chi connectivity index (χ1v) is 5.33. The molecule has 0 fully saturated rings. The third-order valence-electron chi connectivity index (χ3n) is 1.39. The van der Waals surface area contributed by atoms with E-state index in [1.165, 1.54) is 21.6 Å². The monoisotopic (exact) mass is 291 g/mol. The van der Waals surface area contributed by atoms with Crippen LogP contribution in [0.3, 0.4) is 0 Å². The number of hydrogen-bond acceptors (Lipinski definition) is 2. The van der Waals surface area contributed by atoms with Crippen LogP contribution in [0.2, 0.25) is 0 Å². The highest BCUT2D eigenvalue weighted by molar-refractivity contribution is 9.11. The highest BCUT2D eigenvalue weighted by Gasteiger charge is 2.01. The molecule has 0 unspecified atom stereocenters. The van der Waals surface area contributed by atoms with Gasteiger partial charge in [-0.3, -0.25) is 0 Å². The zero-order chi connectivity index (χ0) is 7.84. The number of aromatic nitrogens is 1. The van der Waals surface area contributed by atoms with E-state index in [9.17, 15) is 0 Å². The van der Waals surface area contributed by atoms with Crippen molar-refractivity contribution in [2.45, 2.75) is 0 Å². The van der Waals surface area contributed by atoms with E-state index in [1.54, 1.807) is 0 Å². The second kappa shape index (κ2) is 2.84. The van der Waals surface area contributed by atoms with Gasteiger partial charge < -0.3 is 0 Å². The fourth-order valence-electron chi connectivity index (χ4n) is 0.898. The van der Waals surface area contributed by atoms with Crippen molar-refractivity contribution >= 4 is 53.5 Å². The standard InChI is InChI=1S/C7H3Br2NS/c8-4-1-6(9)5-3-10-11-7(5)2-4/h1-3H. The molecule has 4 heteroatoms. The molecule has 0 N–H and O–H groups in total. The van der Waals surface area contributed by atoms with E-state index >= 15 is 0 Å². The Morgan fingerprint density at radius 3 is 2.91 bits per heavy atom. The molecule has 56 valence electrons. The van der Waals surface area contributed by atoms with E-state index in [-0.39, 0.29) is 0 Å². The first kappa shape index (κ1) is 7.71. The van der Waals surface area contributed by atoms with E-state index < -0.39 is 0 Å². The summed E-state index contributed by atoms with van der Waals surface area (Å²) < 4.78 is 7.47. The summed E-state index contributed by atoms with van der Waals surface area (Å²) in [6.45, 7) is 0. The van der Waals surface area contributed by atoms with Crippen LogP contribution >= 0.6 is 43.4 Å². The number of nitrogens with zero attached hydrogens (tertiary/aromatic N) is 1. The maximum Gasteiger partial charge on any atom is 0.0572 e. The predicted octanol–water partition coefficient (Wildman–Crippen LogP) is 3.82. The zero-order valence-corrected chi connectivity index (χ0v) is 9.33. The largest absolute Gasteiger partial charge is 0.200 e. The van der Waals surface area contributed by atoms with Crippen molar-refractivity contribution in [3.63, 3.8) is 0 Å². The molecule has 1 aromatic heterocycles. The van der Waals surface area contributed by atoms with Gasteiger partial charge in [-0.05, 0) is 23.7 Å². The quantitative estimate of drug-likeness (QED) is 0.719.